The van der Waals surface area contributed by atoms with Crippen molar-refractivity contribution in [2.75, 3.05) is 11.4 Å². The Morgan fingerprint density at radius 2 is 1.39 bits per heavy atom. The van der Waals surface area contributed by atoms with Crippen LogP contribution < -0.4 is 4.90 Å². The molecule has 94 valence electrons. The first-order valence-electron chi connectivity index (χ1n) is 6.71. The Balaban J connectivity index is 2.10. The van der Waals surface area contributed by atoms with Crippen molar-refractivity contribution in [3.63, 3.8) is 0 Å². The molecule has 1 heteroatoms. The number of para-hydroxylation sites is 1. The number of aryl methyl sites for hydroxylation is 1. The molecular formula is C17H21N. The molecule has 0 saturated heterocycles. The van der Waals surface area contributed by atoms with Crippen LogP contribution in [-0.4, -0.2) is 6.54 Å². The molecule has 0 aliphatic carbocycles. The molecule has 0 saturated carbocycles. The highest BCUT2D eigenvalue weighted by molar-refractivity contribution is 5.46. The number of hydrogen-bond donors (Lipinski definition) is 0. The second kappa shape index (κ2) is 6.25. The van der Waals surface area contributed by atoms with Gasteiger partial charge in [0, 0.05) is 18.8 Å². The third-order valence-electron chi connectivity index (χ3n) is 3.31. The fraction of sp³-hybridized carbons (Fsp3) is 0.294. The Kier molecular flexibility index (Phi) is 4.40. The number of hydrogen-bond acceptors (Lipinski definition) is 1. The first kappa shape index (κ1) is 12.7. The van der Waals surface area contributed by atoms with Gasteiger partial charge >= 0.3 is 0 Å². The van der Waals surface area contributed by atoms with E-state index in [0.717, 1.165) is 19.5 Å². The number of anilines is 1. The lowest BCUT2D eigenvalue weighted by atomic mass is 10.1. The zero-order valence-electron chi connectivity index (χ0n) is 11.3. The van der Waals surface area contributed by atoms with Gasteiger partial charge in [0.05, 0.1) is 0 Å². The van der Waals surface area contributed by atoms with Gasteiger partial charge in [-0.15, -0.1) is 0 Å². The predicted octanol–water partition coefficient (Wildman–Crippen LogP) is 4.28. The summed E-state index contributed by atoms with van der Waals surface area (Å²) in [5.41, 5.74) is 4.07. The summed E-state index contributed by atoms with van der Waals surface area (Å²) in [7, 11) is 0. The third kappa shape index (κ3) is 3.13. The van der Waals surface area contributed by atoms with Gasteiger partial charge in [-0.25, -0.2) is 0 Å². The number of nitrogens with zero attached hydrogens (tertiary/aromatic N) is 1. The van der Waals surface area contributed by atoms with Gasteiger partial charge in [-0.3, -0.25) is 0 Å². The van der Waals surface area contributed by atoms with E-state index in [9.17, 15) is 0 Å². The predicted molar refractivity (Wildman–Crippen MR) is 79.0 cm³/mol. The second-order valence-electron chi connectivity index (χ2n) is 4.52. The summed E-state index contributed by atoms with van der Waals surface area (Å²) in [4.78, 5) is 2.39. The summed E-state index contributed by atoms with van der Waals surface area (Å²) in [6.45, 7) is 6.40. The van der Waals surface area contributed by atoms with Gasteiger partial charge in [-0.1, -0.05) is 49.4 Å². The quantitative estimate of drug-likeness (QED) is 0.753. The van der Waals surface area contributed by atoms with E-state index in [1.165, 1.54) is 16.8 Å². The molecule has 18 heavy (non-hydrogen) atoms. The van der Waals surface area contributed by atoms with Crippen molar-refractivity contribution in [3.05, 3.63) is 65.7 Å². The Bertz CT molecular complexity index is 459. The molecule has 0 N–H and O–H groups in total. The van der Waals surface area contributed by atoms with E-state index < -0.39 is 0 Å². The summed E-state index contributed by atoms with van der Waals surface area (Å²) in [6.07, 6.45) is 1.11. The van der Waals surface area contributed by atoms with Crippen molar-refractivity contribution in [2.45, 2.75) is 26.8 Å². The van der Waals surface area contributed by atoms with Crippen LogP contribution in [0.25, 0.3) is 0 Å². The van der Waals surface area contributed by atoms with Crippen molar-refractivity contribution in [1.29, 1.82) is 0 Å². The molecule has 0 heterocycles. The van der Waals surface area contributed by atoms with Crippen LogP contribution in [0, 0.1) is 0 Å². The molecule has 1 nitrogen and oxygen atoms in total. The molecule has 0 atom stereocenters. The van der Waals surface area contributed by atoms with E-state index in [1.807, 2.05) is 0 Å². The van der Waals surface area contributed by atoms with Crippen molar-refractivity contribution >= 4 is 5.69 Å². The van der Waals surface area contributed by atoms with Gasteiger partial charge < -0.3 is 4.90 Å². The molecule has 0 radical (unpaired) electrons. The SMILES string of the molecule is CCc1ccc(CN(CC)c2ccccc2)cc1. The van der Waals surface area contributed by atoms with E-state index in [-0.39, 0.29) is 0 Å². The summed E-state index contributed by atoms with van der Waals surface area (Å²) < 4.78 is 0. The second-order valence-corrected chi connectivity index (χ2v) is 4.52. The minimum atomic E-state index is 0.977. The summed E-state index contributed by atoms with van der Waals surface area (Å²) in [5, 5.41) is 0. The number of benzene rings is 2. The van der Waals surface area contributed by atoms with Gasteiger partial charge in [0.2, 0.25) is 0 Å². The van der Waals surface area contributed by atoms with Gasteiger partial charge in [0.1, 0.15) is 0 Å². The monoisotopic (exact) mass is 239 g/mol. The van der Waals surface area contributed by atoms with Crippen molar-refractivity contribution in [1.82, 2.24) is 0 Å². The molecule has 0 aromatic heterocycles. The Morgan fingerprint density at radius 3 is 1.94 bits per heavy atom. The molecule has 0 spiro atoms. The van der Waals surface area contributed by atoms with Crippen LogP contribution in [0.2, 0.25) is 0 Å². The summed E-state index contributed by atoms with van der Waals surface area (Å²) in [6, 6.07) is 19.5. The van der Waals surface area contributed by atoms with Gasteiger partial charge in [-0.2, -0.15) is 0 Å². The maximum Gasteiger partial charge on any atom is 0.0429 e. The molecule has 2 aromatic rings. The maximum absolute atomic E-state index is 2.39. The molecule has 0 fully saturated rings. The number of rotatable bonds is 5. The average molecular weight is 239 g/mol. The standard InChI is InChI=1S/C17H21N/c1-3-15-10-12-16(13-11-15)14-18(4-2)17-8-6-5-7-9-17/h5-13H,3-4,14H2,1-2H3. The lowest BCUT2D eigenvalue weighted by Crippen LogP contribution is -2.21. The zero-order valence-corrected chi connectivity index (χ0v) is 11.3. The zero-order chi connectivity index (χ0) is 12.8. The molecule has 0 amide bonds. The van der Waals surface area contributed by atoms with E-state index in [4.69, 9.17) is 0 Å². The van der Waals surface area contributed by atoms with Crippen LogP contribution in [0.3, 0.4) is 0 Å². The lowest BCUT2D eigenvalue weighted by Gasteiger charge is -2.23. The highest BCUT2D eigenvalue weighted by atomic mass is 15.1. The molecular weight excluding hydrogens is 218 g/mol. The van der Waals surface area contributed by atoms with Crippen molar-refractivity contribution < 1.29 is 0 Å². The lowest BCUT2D eigenvalue weighted by molar-refractivity contribution is 0.831. The fourth-order valence-corrected chi connectivity index (χ4v) is 2.13. The Hall–Kier alpha value is -1.76. The molecule has 0 aliphatic rings. The molecule has 0 bridgehead atoms. The largest absolute Gasteiger partial charge is 0.367 e. The highest BCUT2D eigenvalue weighted by Gasteiger charge is 2.04. The van der Waals surface area contributed by atoms with Gasteiger partial charge in [0.25, 0.3) is 0 Å². The fourth-order valence-electron chi connectivity index (χ4n) is 2.13. The van der Waals surface area contributed by atoms with Gasteiger partial charge in [0.15, 0.2) is 0 Å². The van der Waals surface area contributed by atoms with E-state index in [0.29, 0.717) is 0 Å². The van der Waals surface area contributed by atoms with Crippen molar-refractivity contribution in [2.24, 2.45) is 0 Å². The Morgan fingerprint density at radius 1 is 0.778 bits per heavy atom. The van der Waals surface area contributed by atoms with E-state index in [2.05, 4.69) is 73.3 Å². The normalized spacial score (nSPS) is 10.3. The topological polar surface area (TPSA) is 3.24 Å². The molecule has 0 unspecified atom stereocenters. The van der Waals surface area contributed by atoms with Crippen LogP contribution in [0.15, 0.2) is 54.6 Å². The van der Waals surface area contributed by atoms with Crippen LogP contribution >= 0.6 is 0 Å². The smallest absolute Gasteiger partial charge is 0.0429 e. The maximum atomic E-state index is 2.39. The van der Waals surface area contributed by atoms with Crippen LogP contribution in [-0.2, 0) is 13.0 Å². The first-order chi connectivity index (χ1) is 8.83. The molecule has 2 aromatic carbocycles. The molecule has 2 rings (SSSR count). The van der Waals surface area contributed by atoms with E-state index >= 15 is 0 Å². The van der Waals surface area contributed by atoms with Gasteiger partial charge in [-0.05, 0) is 36.6 Å². The molecule has 0 aliphatic heterocycles. The minimum Gasteiger partial charge on any atom is -0.367 e. The first-order valence-corrected chi connectivity index (χ1v) is 6.71. The van der Waals surface area contributed by atoms with E-state index in [1.54, 1.807) is 0 Å². The van der Waals surface area contributed by atoms with Crippen LogP contribution in [0.1, 0.15) is 25.0 Å². The average Bonchev–Trinajstić information content (AvgIpc) is 2.46. The Labute approximate surface area is 110 Å². The minimum absolute atomic E-state index is 0.977. The van der Waals surface area contributed by atoms with Crippen LogP contribution in [0.4, 0.5) is 5.69 Å². The summed E-state index contributed by atoms with van der Waals surface area (Å²) >= 11 is 0. The van der Waals surface area contributed by atoms with Crippen LogP contribution in [0.5, 0.6) is 0 Å². The highest BCUT2D eigenvalue weighted by Crippen LogP contribution is 2.16. The summed E-state index contributed by atoms with van der Waals surface area (Å²) in [5.74, 6) is 0. The third-order valence-corrected chi connectivity index (χ3v) is 3.31. The van der Waals surface area contributed by atoms with Crippen molar-refractivity contribution in [3.8, 4) is 0 Å².